The molecule has 0 radical (unpaired) electrons. The molecule has 1 amide bonds. The van der Waals surface area contributed by atoms with Gasteiger partial charge in [-0.15, -0.1) is 10.2 Å². The van der Waals surface area contributed by atoms with Gasteiger partial charge in [0.25, 0.3) is 0 Å². The van der Waals surface area contributed by atoms with Crippen LogP contribution >= 0.6 is 11.8 Å². The Balaban J connectivity index is 1.40. The third-order valence-corrected chi connectivity index (χ3v) is 6.55. The molecule has 1 heterocycles. The van der Waals surface area contributed by atoms with E-state index in [2.05, 4.69) is 27.6 Å². The van der Waals surface area contributed by atoms with E-state index in [9.17, 15) is 9.59 Å². The fourth-order valence-corrected chi connectivity index (χ4v) is 4.85. The zero-order valence-corrected chi connectivity index (χ0v) is 18.4. The molecule has 0 saturated heterocycles. The number of carbonyl (C=O) groups is 2. The number of amides is 1. The maximum absolute atomic E-state index is 12.7. The molecule has 1 aromatic heterocycles. The van der Waals surface area contributed by atoms with Crippen molar-refractivity contribution in [3.63, 3.8) is 0 Å². The van der Waals surface area contributed by atoms with Crippen molar-refractivity contribution in [3.05, 3.63) is 66.0 Å². The number of aromatic nitrogens is 3. The van der Waals surface area contributed by atoms with E-state index in [1.54, 1.807) is 6.33 Å². The average Bonchev–Trinajstić information content (AvgIpc) is 3.27. The number of hydrogen-bond donors (Lipinski definition) is 1. The molecule has 1 N–H and O–H groups in total. The number of carbonyl (C=O) groups excluding carboxylic acids is 2. The molecule has 1 saturated carbocycles. The predicted octanol–water partition coefficient (Wildman–Crippen LogP) is 5.25. The Morgan fingerprint density at radius 2 is 1.87 bits per heavy atom. The van der Waals surface area contributed by atoms with Gasteiger partial charge >= 0.3 is 0 Å². The lowest BCUT2D eigenvalue weighted by Gasteiger charge is -2.22. The molecule has 1 fully saturated rings. The zero-order valence-electron chi connectivity index (χ0n) is 17.6. The Hall–Kier alpha value is -2.93. The molecule has 1 aliphatic rings. The average molecular weight is 435 g/mol. The molecule has 7 heteroatoms. The van der Waals surface area contributed by atoms with E-state index in [0.717, 1.165) is 11.3 Å². The first kappa shape index (κ1) is 21.3. The normalized spacial score (nSPS) is 14.4. The van der Waals surface area contributed by atoms with Gasteiger partial charge in [0, 0.05) is 18.2 Å². The molecular formula is C24H26N4O2S. The first-order chi connectivity index (χ1) is 15.1. The minimum Gasteiger partial charge on any atom is -0.326 e. The summed E-state index contributed by atoms with van der Waals surface area (Å²) >= 11 is 1.36. The van der Waals surface area contributed by atoms with Crippen molar-refractivity contribution in [2.45, 2.75) is 50.1 Å². The number of hydrogen-bond acceptors (Lipinski definition) is 5. The van der Waals surface area contributed by atoms with Crippen LogP contribution in [-0.4, -0.2) is 32.2 Å². The van der Waals surface area contributed by atoms with Crippen molar-refractivity contribution < 1.29 is 9.59 Å². The van der Waals surface area contributed by atoms with E-state index < -0.39 is 0 Å². The van der Waals surface area contributed by atoms with Gasteiger partial charge in [-0.25, -0.2) is 0 Å². The topological polar surface area (TPSA) is 76.9 Å². The van der Waals surface area contributed by atoms with Gasteiger partial charge in [0.15, 0.2) is 10.9 Å². The molecule has 31 heavy (non-hydrogen) atoms. The largest absolute Gasteiger partial charge is 0.326 e. The Labute approximate surface area is 186 Å². The monoisotopic (exact) mass is 434 g/mol. The number of benzene rings is 2. The zero-order chi connectivity index (χ0) is 21.6. The molecule has 160 valence electrons. The van der Waals surface area contributed by atoms with Crippen LogP contribution in [0.4, 0.5) is 5.69 Å². The third-order valence-electron chi connectivity index (χ3n) is 5.60. The van der Waals surface area contributed by atoms with Crippen molar-refractivity contribution in [3.8, 4) is 5.69 Å². The van der Waals surface area contributed by atoms with Crippen LogP contribution in [0.5, 0.6) is 0 Å². The molecule has 0 aliphatic heterocycles. The van der Waals surface area contributed by atoms with Gasteiger partial charge < -0.3 is 5.32 Å². The molecule has 0 spiro atoms. The van der Waals surface area contributed by atoms with Crippen molar-refractivity contribution in [1.82, 2.24) is 14.8 Å². The van der Waals surface area contributed by atoms with Crippen LogP contribution in [0.3, 0.4) is 0 Å². The lowest BCUT2D eigenvalue weighted by Crippen LogP contribution is -2.07. The minimum atomic E-state index is -0.129. The maximum atomic E-state index is 12.7. The highest BCUT2D eigenvalue weighted by atomic mass is 32.2. The summed E-state index contributed by atoms with van der Waals surface area (Å²) in [5.41, 5.74) is 3.60. The third kappa shape index (κ3) is 5.41. The number of nitrogens with one attached hydrogen (secondary N) is 1. The summed E-state index contributed by atoms with van der Waals surface area (Å²) in [6.45, 7) is 1.47. The summed E-state index contributed by atoms with van der Waals surface area (Å²) in [6.07, 6.45) is 8.06. The van der Waals surface area contributed by atoms with E-state index in [1.165, 1.54) is 56.4 Å². The van der Waals surface area contributed by atoms with Crippen LogP contribution in [-0.2, 0) is 4.79 Å². The molecule has 6 nitrogen and oxygen atoms in total. The van der Waals surface area contributed by atoms with Crippen molar-refractivity contribution in [2.24, 2.45) is 0 Å². The number of thioether (sulfide) groups is 1. The standard InChI is InChI=1S/C24H26N4O2S/c1-17(29)26-21-8-5-9-22(14-21)28-16-25-27-24(28)31-15-23(30)20-12-10-19(11-13-20)18-6-3-2-4-7-18/h5,8-14,16,18H,2-4,6-7,15H2,1H3,(H,26,29). The molecule has 2 aromatic carbocycles. The summed E-state index contributed by atoms with van der Waals surface area (Å²) in [5.74, 6) is 0.865. The van der Waals surface area contributed by atoms with E-state index in [-0.39, 0.29) is 17.4 Å². The minimum absolute atomic E-state index is 0.0711. The summed E-state index contributed by atoms with van der Waals surface area (Å²) in [4.78, 5) is 24.0. The van der Waals surface area contributed by atoms with Crippen molar-refractivity contribution >= 4 is 29.1 Å². The van der Waals surface area contributed by atoms with E-state index >= 15 is 0 Å². The van der Waals surface area contributed by atoms with Crippen molar-refractivity contribution in [2.75, 3.05) is 11.1 Å². The van der Waals surface area contributed by atoms with Gasteiger partial charge in [-0.05, 0) is 42.5 Å². The quantitative estimate of drug-likeness (QED) is 0.406. The van der Waals surface area contributed by atoms with E-state index in [1.807, 2.05) is 41.0 Å². The Morgan fingerprint density at radius 1 is 1.10 bits per heavy atom. The highest BCUT2D eigenvalue weighted by Gasteiger charge is 2.17. The number of ketones is 1. The smallest absolute Gasteiger partial charge is 0.221 e. The maximum Gasteiger partial charge on any atom is 0.221 e. The Bertz CT molecular complexity index is 1060. The van der Waals surface area contributed by atoms with Gasteiger partial charge in [0.1, 0.15) is 6.33 Å². The van der Waals surface area contributed by atoms with E-state index in [4.69, 9.17) is 0 Å². The summed E-state index contributed by atoms with van der Waals surface area (Å²) < 4.78 is 1.81. The van der Waals surface area contributed by atoms with Gasteiger partial charge in [-0.3, -0.25) is 14.2 Å². The van der Waals surface area contributed by atoms with Gasteiger partial charge in [0.2, 0.25) is 5.91 Å². The first-order valence-corrected chi connectivity index (χ1v) is 11.6. The second-order valence-corrected chi connectivity index (χ2v) is 8.83. The molecule has 0 unspecified atom stereocenters. The number of rotatable bonds is 7. The van der Waals surface area contributed by atoms with Crippen LogP contribution in [0.25, 0.3) is 5.69 Å². The second-order valence-electron chi connectivity index (χ2n) is 7.88. The van der Waals surface area contributed by atoms with Crippen LogP contribution in [0, 0.1) is 0 Å². The number of nitrogens with zero attached hydrogens (tertiary/aromatic N) is 3. The van der Waals surface area contributed by atoms with Crippen LogP contribution < -0.4 is 5.32 Å². The van der Waals surface area contributed by atoms with Crippen LogP contribution in [0.1, 0.15) is 60.9 Å². The Morgan fingerprint density at radius 3 is 2.61 bits per heavy atom. The highest BCUT2D eigenvalue weighted by Crippen LogP contribution is 2.32. The first-order valence-electron chi connectivity index (χ1n) is 10.6. The highest BCUT2D eigenvalue weighted by molar-refractivity contribution is 7.99. The SMILES string of the molecule is CC(=O)Nc1cccc(-n2cnnc2SCC(=O)c2ccc(C3CCCCC3)cc2)c1. The fraction of sp³-hybridized carbons (Fsp3) is 0.333. The molecule has 0 bridgehead atoms. The fourth-order valence-electron chi connectivity index (χ4n) is 4.03. The molecule has 1 aliphatic carbocycles. The van der Waals surface area contributed by atoms with Gasteiger partial charge in [-0.1, -0.05) is 61.4 Å². The molecular weight excluding hydrogens is 408 g/mol. The molecule has 0 atom stereocenters. The van der Waals surface area contributed by atoms with Crippen LogP contribution in [0.15, 0.2) is 60.0 Å². The predicted molar refractivity (Wildman–Crippen MR) is 123 cm³/mol. The Kier molecular flexibility index (Phi) is 6.82. The lowest BCUT2D eigenvalue weighted by molar-refractivity contribution is -0.114. The lowest BCUT2D eigenvalue weighted by atomic mass is 9.84. The molecule has 3 aromatic rings. The van der Waals surface area contributed by atoms with Gasteiger partial charge in [0.05, 0.1) is 11.4 Å². The van der Waals surface area contributed by atoms with Crippen LogP contribution in [0.2, 0.25) is 0 Å². The number of Topliss-reactive ketones (excluding diaryl/α,β-unsaturated/α-hetero) is 1. The van der Waals surface area contributed by atoms with Crippen molar-refractivity contribution in [1.29, 1.82) is 0 Å². The summed E-state index contributed by atoms with van der Waals surface area (Å²) in [5, 5.41) is 11.6. The summed E-state index contributed by atoms with van der Waals surface area (Å²) in [6, 6.07) is 15.6. The van der Waals surface area contributed by atoms with E-state index in [0.29, 0.717) is 16.8 Å². The summed E-state index contributed by atoms with van der Waals surface area (Å²) in [7, 11) is 0. The second kappa shape index (κ2) is 9.92. The van der Waals surface area contributed by atoms with Gasteiger partial charge in [-0.2, -0.15) is 0 Å². The number of anilines is 1. The molecule has 4 rings (SSSR count).